The number of hydrogen-bond donors (Lipinski definition) is 2. The van der Waals surface area contributed by atoms with Gasteiger partial charge in [0.05, 0.1) is 6.04 Å². The molecule has 1 aliphatic heterocycles. The Bertz CT molecular complexity index is 1070. The molecule has 2 atom stereocenters. The number of nitrogens with one attached hydrogen (secondary N) is 1. The number of amides is 1. The van der Waals surface area contributed by atoms with E-state index in [0.717, 1.165) is 12.8 Å². The number of nitrogens with two attached hydrogens (primary N) is 1. The Balaban J connectivity index is 1.31. The second-order valence-electron chi connectivity index (χ2n) is 7.88. The zero-order chi connectivity index (χ0) is 22.5. The lowest BCUT2D eigenvalue weighted by molar-refractivity contribution is -0.133. The molecule has 168 valence electrons. The third-order valence-electron chi connectivity index (χ3n) is 5.66. The number of aryl methyl sites for hydroxylation is 1. The molecule has 1 fully saturated rings. The van der Waals surface area contributed by atoms with Crippen molar-refractivity contribution in [3.8, 4) is 11.4 Å². The van der Waals surface area contributed by atoms with E-state index in [-0.39, 0.29) is 35.4 Å². The minimum absolute atomic E-state index is 0.0634. The van der Waals surface area contributed by atoms with Crippen LogP contribution in [-0.4, -0.2) is 46.1 Å². The van der Waals surface area contributed by atoms with Crippen molar-refractivity contribution >= 4 is 11.9 Å². The Kier molecular flexibility index (Phi) is 6.75. The fourth-order valence-electron chi connectivity index (χ4n) is 3.93. The molecule has 4 rings (SSSR count). The quantitative estimate of drug-likeness (QED) is 0.556. The largest absolute Gasteiger partial charge is 0.337 e. The van der Waals surface area contributed by atoms with Gasteiger partial charge >= 0.3 is 6.01 Å². The van der Waals surface area contributed by atoms with Crippen molar-refractivity contribution in [1.82, 2.24) is 15.0 Å². The summed E-state index contributed by atoms with van der Waals surface area (Å²) < 4.78 is 32.4. The van der Waals surface area contributed by atoms with Gasteiger partial charge in [-0.2, -0.15) is 4.98 Å². The number of halogens is 2. The Morgan fingerprint density at radius 3 is 2.91 bits per heavy atom. The normalized spacial score (nSPS) is 16.8. The SMILES string of the molecule is N[C@H](CCc1ccccc1F)C(=O)N1CCC[C@H]1CNc1nc(-c2cccc(F)c2)no1. The predicted octanol–water partition coefficient (Wildman–Crippen LogP) is 3.38. The summed E-state index contributed by atoms with van der Waals surface area (Å²) in [5, 5.41) is 6.93. The number of likely N-dealkylation sites (tertiary alicyclic amines) is 1. The van der Waals surface area contributed by atoms with Crippen LogP contribution in [0.3, 0.4) is 0 Å². The monoisotopic (exact) mass is 441 g/mol. The number of aromatic nitrogens is 2. The van der Waals surface area contributed by atoms with Gasteiger partial charge in [0.25, 0.3) is 0 Å². The lowest BCUT2D eigenvalue weighted by Gasteiger charge is -2.27. The maximum Gasteiger partial charge on any atom is 0.321 e. The summed E-state index contributed by atoms with van der Waals surface area (Å²) >= 11 is 0. The Labute approximate surface area is 184 Å². The third-order valence-corrected chi connectivity index (χ3v) is 5.66. The summed E-state index contributed by atoms with van der Waals surface area (Å²) in [5.41, 5.74) is 7.21. The first kappa shape index (κ1) is 21.9. The standard InChI is InChI=1S/C23H25F2N5O2/c24-17-7-3-6-16(13-17)21-28-23(32-29-21)27-14-18-8-4-12-30(18)22(31)20(26)11-10-15-5-1-2-9-19(15)25/h1-3,5-7,9,13,18,20H,4,8,10-12,14,26H2,(H,27,28,29)/t18-,20+/m0/s1. The van der Waals surface area contributed by atoms with Crippen LogP contribution in [0, 0.1) is 11.6 Å². The van der Waals surface area contributed by atoms with Gasteiger partial charge in [-0.3, -0.25) is 4.79 Å². The van der Waals surface area contributed by atoms with Crippen LogP contribution < -0.4 is 11.1 Å². The lowest BCUT2D eigenvalue weighted by atomic mass is 10.0. The molecule has 0 radical (unpaired) electrons. The first-order valence-electron chi connectivity index (χ1n) is 10.6. The Morgan fingerprint density at radius 1 is 1.25 bits per heavy atom. The number of hydrogen-bond acceptors (Lipinski definition) is 6. The number of benzene rings is 2. The molecule has 0 bridgehead atoms. The van der Waals surface area contributed by atoms with E-state index in [4.69, 9.17) is 10.3 Å². The number of rotatable bonds is 8. The summed E-state index contributed by atoms with van der Waals surface area (Å²) in [5.74, 6) is -0.529. The van der Waals surface area contributed by atoms with Crippen molar-refractivity contribution in [2.45, 2.75) is 37.8 Å². The fourth-order valence-corrected chi connectivity index (χ4v) is 3.93. The molecule has 32 heavy (non-hydrogen) atoms. The van der Waals surface area contributed by atoms with Crippen LogP contribution in [0.5, 0.6) is 0 Å². The summed E-state index contributed by atoms with van der Waals surface area (Å²) in [6.45, 7) is 1.05. The van der Waals surface area contributed by atoms with E-state index in [1.807, 2.05) is 0 Å². The number of nitrogens with zero attached hydrogens (tertiary/aromatic N) is 3. The number of anilines is 1. The van der Waals surface area contributed by atoms with Gasteiger partial charge in [-0.25, -0.2) is 8.78 Å². The zero-order valence-electron chi connectivity index (χ0n) is 17.5. The van der Waals surface area contributed by atoms with E-state index >= 15 is 0 Å². The Hall–Kier alpha value is -3.33. The van der Waals surface area contributed by atoms with E-state index in [1.165, 1.54) is 18.2 Å². The molecule has 1 aromatic heterocycles. The molecule has 7 nitrogen and oxygen atoms in total. The smallest absolute Gasteiger partial charge is 0.321 e. The minimum atomic E-state index is -0.696. The van der Waals surface area contributed by atoms with Gasteiger partial charge in [-0.15, -0.1) is 0 Å². The first-order valence-corrected chi connectivity index (χ1v) is 10.6. The van der Waals surface area contributed by atoms with Gasteiger partial charge < -0.3 is 20.5 Å². The van der Waals surface area contributed by atoms with E-state index < -0.39 is 6.04 Å². The van der Waals surface area contributed by atoms with Crippen LogP contribution in [0.2, 0.25) is 0 Å². The van der Waals surface area contributed by atoms with Gasteiger partial charge in [-0.05, 0) is 49.4 Å². The highest BCUT2D eigenvalue weighted by atomic mass is 19.1. The molecule has 3 N–H and O–H groups in total. The average Bonchev–Trinajstić information content (AvgIpc) is 3.46. The fraction of sp³-hybridized carbons (Fsp3) is 0.348. The first-order chi connectivity index (χ1) is 15.5. The lowest BCUT2D eigenvalue weighted by Crippen LogP contribution is -2.48. The zero-order valence-corrected chi connectivity index (χ0v) is 17.5. The Morgan fingerprint density at radius 2 is 2.09 bits per heavy atom. The number of carbonyl (C=O) groups excluding carboxylic acids is 1. The van der Waals surface area contributed by atoms with Crippen LogP contribution in [0.25, 0.3) is 11.4 Å². The van der Waals surface area contributed by atoms with Crippen molar-refractivity contribution in [2.75, 3.05) is 18.4 Å². The highest BCUT2D eigenvalue weighted by Crippen LogP contribution is 2.22. The number of carbonyl (C=O) groups is 1. The van der Waals surface area contributed by atoms with Crippen LogP contribution in [-0.2, 0) is 11.2 Å². The molecular formula is C23H25F2N5O2. The average molecular weight is 441 g/mol. The summed E-state index contributed by atoms with van der Waals surface area (Å²) in [4.78, 5) is 18.9. The highest BCUT2D eigenvalue weighted by Gasteiger charge is 2.31. The molecule has 0 saturated carbocycles. The van der Waals surface area contributed by atoms with Crippen molar-refractivity contribution in [2.24, 2.45) is 5.73 Å². The molecule has 0 unspecified atom stereocenters. The molecule has 2 aromatic carbocycles. The van der Waals surface area contributed by atoms with E-state index in [0.29, 0.717) is 37.1 Å². The predicted molar refractivity (Wildman–Crippen MR) is 116 cm³/mol. The third kappa shape index (κ3) is 5.11. The van der Waals surface area contributed by atoms with E-state index in [1.54, 1.807) is 35.2 Å². The second-order valence-corrected chi connectivity index (χ2v) is 7.88. The van der Waals surface area contributed by atoms with Crippen molar-refractivity contribution < 1.29 is 18.1 Å². The molecular weight excluding hydrogens is 416 g/mol. The van der Waals surface area contributed by atoms with Gasteiger partial charge in [0, 0.05) is 24.7 Å². The molecule has 1 amide bonds. The van der Waals surface area contributed by atoms with Gasteiger partial charge in [0.2, 0.25) is 11.7 Å². The van der Waals surface area contributed by atoms with E-state index in [9.17, 15) is 13.6 Å². The van der Waals surface area contributed by atoms with Crippen molar-refractivity contribution in [3.05, 3.63) is 65.7 Å². The molecule has 9 heteroatoms. The van der Waals surface area contributed by atoms with Gasteiger partial charge in [0.15, 0.2) is 0 Å². The molecule has 2 heterocycles. The van der Waals surface area contributed by atoms with Gasteiger partial charge in [0.1, 0.15) is 11.6 Å². The maximum absolute atomic E-state index is 13.8. The van der Waals surface area contributed by atoms with Crippen LogP contribution in [0.4, 0.5) is 14.8 Å². The van der Waals surface area contributed by atoms with Crippen molar-refractivity contribution in [1.29, 1.82) is 0 Å². The minimum Gasteiger partial charge on any atom is -0.337 e. The summed E-state index contributed by atoms with van der Waals surface area (Å²) in [6.07, 6.45) is 2.47. The molecule has 1 saturated heterocycles. The van der Waals surface area contributed by atoms with Crippen LogP contribution in [0.15, 0.2) is 53.1 Å². The van der Waals surface area contributed by atoms with Crippen LogP contribution >= 0.6 is 0 Å². The van der Waals surface area contributed by atoms with Gasteiger partial charge in [-0.1, -0.05) is 35.5 Å². The molecule has 0 aliphatic carbocycles. The maximum atomic E-state index is 13.8. The van der Waals surface area contributed by atoms with E-state index in [2.05, 4.69) is 15.5 Å². The molecule has 1 aliphatic rings. The van der Waals surface area contributed by atoms with Crippen molar-refractivity contribution in [3.63, 3.8) is 0 Å². The highest BCUT2D eigenvalue weighted by molar-refractivity contribution is 5.82. The van der Waals surface area contributed by atoms with Crippen LogP contribution in [0.1, 0.15) is 24.8 Å². The second kappa shape index (κ2) is 9.86. The molecule has 0 spiro atoms. The summed E-state index contributed by atoms with van der Waals surface area (Å²) in [7, 11) is 0. The summed E-state index contributed by atoms with van der Waals surface area (Å²) in [6, 6.07) is 11.9. The topological polar surface area (TPSA) is 97.3 Å². The molecule has 3 aromatic rings.